The highest BCUT2D eigenvalue weighted by Gasteiger charge is 2.16. The SMILES string of the molecule is CCN1CCCC=C1C(=O)O. The monoisotopic (exact) mass is 155 g/mol. The molecule has 0 aromatic rings. The highest BCUT2D eigenvalue weighted by Crippen LogP contribution is 2.13. The van der Waals surface area contributed by atoms with Gasteiger partial charge >= 0.3 is 5.97 Å². The molecule has 0 amide bonds. The Hall–Kier alpha value is -0.990. The number of rotatable bonds is 2. The third kappa shape index (κ3) is 1.73. The van der Waals surface area contributed by atoms with Crippen LogP contribution in [0.5, 0.6) is 0 Å². The van der Waals surface area contributed by atoms with Crippen molar-refractivity contribution >= 4 is 5.97 Å². The molecular formula is C8H13NO2. The summed E-state index contributed by atoms with van der Waals surface area (Å²) in [4.78, 5) is 12.5. The summed E-state index contributed by atoms with van der Waals surface area (Å²) in [5.74, 6) is -0.799. The van der Waals surface area contributed by atoms with Gasteiger partial charge in [-0.3, -0.25) is 0 Å². The summed E-state index contributed by atoms with van der Waals surface area (Å²) < 4.78 is 0. The topological polar surface area (TPSA) is 40.5 Å². The van der Waals surface area contributed by atoms with Crippen LogP contribution >= 0.6 is 0 Å². The van der Waals surface area contributed by atoms with Gasteiger partial charge in [-0.25, -0.2) is 4.79 Å². The Kier molecular flexibility index (Phi) is 2.52. The van der Waals surface area contributed by atoms with Crippen molar-refractivity contribution in [1.82, 2.24) is 4.90 Å². The third-order valence-electron chi connectivity index (χ3n) is 1.91. The van der Waals surface area contributed by atoms with E-state index >= 15 is 0 Å². The van der Waals surface area contributed by atoms with Crippen LogP contribution in [-0.2, 0) is 4.79 Å². The molecule has 0 unspecified atom stereocenters. The molecule has 3 nitrogen and oxygen atoms in total. The van der Waals surface area contributed by atoms with Crippen molar-refractivity contribution in [2.24, 2.45) is 0 Å². The van der Waals surface area contributed by atoms with Crippen LogP contribution in [0.4, 0.5) is 0 Å². The van der Waals surface area contributed by atoms with Crippen molar-refractivity contribution in [3.63, 3.8) is 0 Å². The number of carboxylic acid groups (broad SMARTS) is 1. The molecule has 0 bridgehead atoms. The number of carbonyl (C=O) groups is 1. The first-order valence-electron chi connectivity index (χ1n) is 3.94. The first kappa shape index (κ1) is 8.11. The molecule has 1 heterocycles. The molecule has 0 radical (unpaired) electrons. The average Bonchev–Trinajstić information content (AvgIpc) is 2.04. The van der Waals surface area contributed by atoms with E-state index in [2.05, 4.69) is 0 Å². The van der Waals surface area contributed by atoms with Crippen molar-refractivity contribution in [3.05, 3.63) is 11.8 Å². The van der Waals surface area contributed by atoms with Gasteiger partial charge in [0.2, 0.25) is 0 Å². The molecule has 0 saturated carbocycles. The largest absolute Gasteiger partial charge is 0.477 e. The third-order valence-corrected chi connectivity index (χ3v) is 1.91. The minimum absolute atomic E-state index is 0.471. The molecule has 1 rings (SSSR count). The van der Waals surface area contributed by atoms with Crippen LogP contribution in [0.15, 0.2) is 11.8 Å². The van der Waals surface area contributed by atoms with Gasteiger partial charge in [0, 0.05) is 13.1 Å². The lowest BCUT2D eigenvalue weighted by atomic mass is 10.1. The van der Waals surface area contributed by atoms with Crippen molar-refractivity contribution in [2.45, 2.75) is 19.8 Å². The van der Waals surface area contributed by atoms with E-state index in [4.69, 9.17) is 5.11 Å². The van der Waals surface area contributed by atoms with Gasteiger partial charge in [0.15, 0.2) is 0 Å². The summed E-state index contributed by atoms with van der Waals surface area (Å²) in [5, 5.41) is 8.73. The molecule has 1 aliphatic rings. The van der Waals surface area contributed by atoms with E-state index in [0.29, 0.717) is 5.70 Å². The fraction of sp³-hybridized carbons (Fsp3) is 0.625. The normalized spacial score (nSPS) is 17.9. The Labute approximate surface area is 66.3 Å². The second kappa shape index (κ2) is 3.42. The highest BCUT2D eigenvalue weighted by atomic mass is 16.4. The van der Waals surface area contributed by atoms with Gasteiger partial charge in [-0.15, -0.1) is 0 Å². The zero-order chi connectivity index (χ0) is 8.27. The van der Waals surface area contributed by atoms with Gasteiger partial charge in [-0.1, -0.05) is 6.08 Å². The second-order valence-electron chi connectivity index (χ2n) is 2.62. The maximum Gasteiger partial charge on any atom is 0.351 e. The Morgan fingerprint density at radius 2 is 2.55 bits per heavy atom. The van der Waals surface area contributed by atoms with E-state index in [0.717, 1.165) is 25.9 Å². The standard InChI is InChI=1S/C8H13NO2/c1-2-9-6-4-3-5-7(9)8(10)11/h5H,2-4,6H2,1H3,(H,10,11). The van der Waals surface area contributed by atoms with Gasteiger partial charge in [0.25, 0.3) is 0 Å². The zero-order valence-corrected chi connectivity index (χ0v) is 6.71. The summed E-state index contributed by atoms with van der Waals surface area (Å²) in [6.07, 6.45) is 3.78. The van der Waals surface area contributed by atoms with Gasteiger partial charge in [0.1, 0.15) is 5.70 Å². The number of allylic oxidation sites excluding steroid dienone is 1. The Bertz CT molecular complexity index is 187. The van der Waals surface area contributed by atoms with Gasteiger partial charge in [-0.2, -0.15) is 0 Å². The smallest absolute Gasteiger partial charge is 0.351 e. The van der Waals surface area contributed by atoms with Crippen molar-refractivity contribution in [3.8, 4) is 0 Å². The van der Waals surface area contributed by atoms with E-state index in [1.165, 1.54) is 0 Å². The van der Waals surface area contributed by atoms with Crippen LogP contribution in [0.1, 0.15) is 19.8 Å². The molecule has 1 aliphatic heterocycles. The van der Waals surface area contributed by atoms with E-state index in [9.17, 15) is 4.79 Å². The maximum atomic E-state index is 10.6. The molecule has 0 aromatic carbocycles. The van der Waals surface area contributed by atoms with Crippen molar-refractivity contribution < 1.29 is 9.90 Å². The van der Waals surface area contributed by atoms with E-state index in [-0.39, 0.29) is 0 Å². The Morgan fingerprint density at radius 3 is 3.00 bits per heavy atom. The predicted octanol–water partition coefficient (Wildman–Crippen LogP) is 1.07. The second-order valence-corrected chi connectivity index (χ2v) is 2.62. The lowest BCUT2D eigenvalue weighted by Crippen LogP contribution is -2.30. The van der Waals surface area contributed by atoms with Gasteiger partial charge in [-0.05, 0) is 19.8 Å². The summed E-state index contributed by atoms with van der Waals surface area (Å²) in [6, 6.07) is 0. The quantitative estimate of drug-likeness (QED) is 0.648. The lowest BCUT2D eigenvalue weighted by molar-refractivity contribution is -0.134. The lowest BCUT2D eigenvalue weighted by Gasteiger charge is -2.26. The number of likely N-dealkylation sites (N-methyl/N-ethyl adjacent to an activating group) is 1. The van der Waals surface area contributed by atoms with E-state index in [1.54, 1.807) is 6.08 Å². The fourth-order valence-electron chi connectivity index (χ4n) is 1.32. The van der Waals surface area contributed by atoms with Crippen LogP contribution in [0, 0.1) is 0 Å². The molecule has 0 spiro atoms. The van der Waals surface area contributed by atoms with Gasteiger partial charge in [0.05, 0.1) is 0 Å². The summed E-state index contributed by atoms with van der Waals surface area (Å²) in [6.45, 7) is 3.65. The van der Waals surface area contributed by atoms with Crippen molar-refractivity contribution in [1.29, 1.82) is 0 Å². The number of hydrogen-bond donors (Lipinski definition) is 1. The number of hydrogen-bond acceptors (Lipinski definition) is 2. The van der Waals surface area contributed by atoms with E-state index in [1.807, 2.05) is 11.8 Å². The van der Waals surface area contributed by atoms with Gasteiger partial charge < -0.3 is 10.0 Å². The fourth-order valence-corrected chi connectivity index (χ4v) is 1.32. The molecule has 0 saturated heterocycles. The van der Waals surface area contributed by atoms with E-state index < -0.39 is 5.97 Å². The van der Waals surface area contributed by atoms with Crippen LogP contribution < -0.4 is 0 Å². The minimum atomic E-state index is -0.799. The molecule has 62 valence electrons. The molecule has 3 heteroatoms. The van der Waals surface area contributed by atoms with Crippen LogP contribution in [-0.4, -0.2) is 29.1 Å². The molecule has 0 aliphatic carbocycles. The first-order valence-corrected chi connectivity index (χ1v) is 3.94. The summed E-state index contributed by atoms with van der Waals surface area (Å²) >= 11 is 0. The highest BCUT2D eigenvalue weighted by molar-refractivity contribution is 5.85. The summed E-state index contributed by atoms with van der Waals surface area (Å²) in [7, 11) is 0. The molecule has 0 atom stereocenters. The zero-order valence-electron chi connectivity index (χ0n) is 6.71. The maximum absolute atomic E-state index is 10.6. The first-order chi connectivity index (χ1) is 5.25. The van der Waals surface area contributed by atoms with Crippen LogP contribution in [0.2, 0.25) is 0 Å². The molecular weight excluding hydrogens is 142 g/mol. The summed E-state index contributed by atoms with van der Waals surface area (Å²) in [5.41, 5.74) is 0.471. The average molecular weight is 155 g/mol. The predicted molar refractivity (Wildman–Crippen MR) is 42.2 cm³/mol. The Morgan fingerprint density at radius 1 is 1.82 bits per heavy atom. The minimum Gasteiger partial charge on any atom is -0.477 e. The van der Waals surface area contributed by atoms with Crippen molar-refractivity contribution in [2.75, 3.05) is 13.1 Å². The van der Waals surface area contributed by atoms with Crippen LogP contribution in [0.3, 0.4) is 0 Å². The molecule has 11 heavy (non-hydrogen) atoms. The number of aliphatic carboxylic acids is 1. The molecule has 0 fully saturated rings. The van der Waals surface area contributed by atoms with Crippen LogP contribution in [0.25, 0.3) is 0 Å². The molecule has 1 N–H and O–H groups in total. The molecule has 0 aromatic heterocycles. The Balaban J connectivity index is 2.71. The number of carboxylic acids is 1. The number of nitrogens with zero attached hydrogens (tertiary/aromatic N) is 1.